The van der Waals surface area contributed by atoms with Crippen LogP contribution in [-0.2, 0) is 5.41 Å². The van der Waals surface area contributed by atoms with Crippen LogP contribution < -0.4 is 5.32 Å². The second-order valence-corrected chi connectivity index (χ2v) is 7.12. The molecule has 104 valence electrons. The monoisotopic (exact) mass is 258 g/mol. The molecule has 1 aromatic rings. The van der Waals surface area contributed by atoms with Crippen LogP contribution in [0.5, 0.6) is 0 Å². The number of hydrogen-bond donors (Lipinski definition) is 1. The molecular weight excluding hydrogens is 232 g/mol. The average Bonchev–Trinajstić information content (AvgIpc) is 2.99. The van der Waals surface area contributed by atoms with Gasteiger partial charge in [0.1, 0.15) is 0 Å². The first-order chi connectivity index (χ1) is 9.10. The normalized spacial score (nSPS) is 35.9. The van der Waals surface area contributed by atoms with Crippen LogP contribution in [0.1, 0.15) is 32.3 Å². The molecule has 0 saturated carbocycles. The molecule has 2 nitrogen and oxygen atoms in total. The Morgan fingerprint density at radius 1 is 1.16 bits per heavy atom. The van der Waals surface area contributed by atoms with Gasteiger partial charge in [0, 0.05) is 25.0 Å². The fourth-order valence-electron chi connectivity index (χ4n) is 3.81. The van der Waals surface area contributed by atoms with E-state index in [4.69, 9.17) is 0 Å². The summed E-state index contributed by atoms with van der Waals surface area (Å²) in [6.45, 7) is 11.0. The Bertz CT molecular complexity index is 422. The molecule has 2 aliphatic rings. The molecule has 0 amide bonds. The van der Waals surface area contributed by atoms with E-state index < -0.39 is 0 Å². The third-order valence-electron chi connectivity index (χ3n) is 5.09. The van der Waals surface area contributed by atoms with Gasteiger partial charge in [0.05, 0.1) is 0 Å². The van der Waals surface area contributed by atoms with Crippen LogP contribution in [-0.4, -0.2) is 37.6 Å². The fraction of sp³-hybridized carbons (Fsp3) is 0.647. The molecule has 1 aromatic carbocycles. The third kappa shape index (κ3) is 2.70. The summed E-state index contributed by atoms with van der Waals surface area (Å²) in [6.07, 6.45) is 2.62. The summed E-state index contributed by atoms with van der Waals surface area (Å²) in [6, 6.07) is 11.0. The van der Waals surface area contributed by atoms with Crippen molar-refractivity contribution >= 4 is 0 Å². The van der Waals surface area contributed by atoms with Crippen molar-refractivity contribution in [2.75, 3.05) is 32.7 Å². The van der Waals surface area contributed by atoms with E-state index in [2.05, 4.69) is 54.4 Å². The van der Waals surface area contributed by atoms with Gasteiger partial charge in [-0.1, -0.05) is 44.2 Å². The summed E-state index contributed by atoms with van der Waals surface area (Å²) in [7, 11) is 0. The quantitative estimate of drug-likeness (QED) is 0.896. The van der Waals surface area contributed by atoms with E-state index in [1.807, 2.05) is 0 Å². The number of benzene rings is 1. The second kappa shape index (κ2) is 4.92. The number of nitrogens with one attached hydrogen (secondary N) is 1. The second-order valence-electron chi connectivity index (χ2n) is 7.12. The molecule has 3 rings (SSSR count). The molecule has 2 unspecified atom stereocenters. The first-order valence-electron chi connectivity index (χ1n) is 7.58. The summed E-state index contributed by atoms with van der Waals surface area (Å²) in [5.41, 5.74) is 2.35. The van der Waals surface area contributed by atoms with E-state index in [0.29, 0.717) is 10.8 Å². The summed E-state index contributed by atoms with van der Waals surface area (Å²) in [4.78, 5) is 2.68. The van der Waals surface area contributed by atoms with Gasteiger partial charge in [0.15, 0.2) is 0 Å². The third-order valence-corrected chi connectivity index (χ3v) is 5.09. The zero-order valence-corrected chi connectivity index (χ0v) is 12.3. The standard InChI is InChI=1S/C17H26N2/c1-16(8-10-18-12-16)13-19-11-9-17(2,14-19)15-6-4-3-5-7-15/h3-7,18H,8-14H2,1-2H3. The molecule has 2 aliphatic heterocycles. The number of nitrogens with zero attached hydrogens (tertiary/aromatic N) is 1. The van der Waals surface area contributed by atoms with Gasteiger partial charge in [-0.2, -0.15) is 0 Å². The van der Waals surface area contributed by atoms with Crippen molar-refractivity contribution in [1.82, 2.24) is 10.2 Å². The predicted molar refractivity (Wildman–Crippen MR) is 80.4 cm³/mol. The van der Waals surface area contributed by atoms with Crippen molar-refractivity contribution < 1.29 is 0 Å². The minimum atomic E-state index is 0.351. The molecule has 2 heterocycles. The number of rotatable bonds is 3. The molecule has 0 aliphatic carbocycles. The first-order valence-corrected chi connectivity index (χ1v) is 7.58. The van der Waals surface area contributed by atoms with E-state index in [1.54, 1.807) is 0 Å². The van der Waals surface area contributed by atoms with Crippen molar-refractivity contribution in [2.45, 2.75) is 32.1 Å². The first kappa shape index (κ1) is 13.1. The van der Waals surface area contributed by atoms with Gasteiger partial charge in [-0.15, -0.1) is 0 Å². The van der Waals surface area contributed by atoms with Gasteiger partial charge in [-0.25, -0.2) is 0 Å². The summed E-state index contributed by atoms with van der Waals surface area (Å²) in [5, 5.41) is 3.51. The van der Waals surface area contributed by atoms with Gasteiger partial charge >= 0.3 is 0 Å². The molecule has 0 spiro atoms. The Hall–Kier alpha value is -0.860. The van der Waals surface area contributed by atoms with Crippen LogP contribution in [0.3, 0.4) is 0 Å². The van der Waals surface area contributed by atoms with E-state index in [-0.39, 0.29) is 0 Å². The molecule has 19 heavy (non-hydrogen) atoms. The lowest BCUT2D eigenvalue weighted by Gasteiger charge is -2.31. The maximum absolute atomic E-state index is 3.51. The number of likely N-dealkylation sites (tertiary alicyclic amines) is 1. The molecule has 0 bridgehead atoms. The van der Waals surface area contributed by atoms with E-state index in [9.17, 15) is 0 Å². The van der Waals surface area contributed by atoms with Crippen molar-refractivity contribution in [1.29, 1.82) is 0 Å². The molecule has 2 fully saturated rings. The van der Waals surface area contributed by atoms with Crippen LogP contribution in [0, 0.1) is 5.41 Å². The Morgan fingerprint density at radius 2 is 1.95 bits per heavy atom. The van der Waals surface area contributed by atoms with Gasteiger partial charge < -0.3 is 10.2 Å². The van der Waals surface area contributed by atoms with Gasteiger partial charge in [0.2, 0.25) is 0 Å². The fourth-order valence-corrected chi connectivity index (χ4v) is 3.81. The largest absolute Gasteiger partial charge is 0.316 e. The maximum Gasteiger partial charge on any atom is 0.00767 e. The van der Waals surface area contributed by atoms with Crippen LogP contribution >= 0.6 is 0 Å². The maximum atomic E-state index is 3.51. The smallest absolute Gasteiger partial charge is 0.00767 e. The van der Waals surface area contributed by atoms with Crippen molar-refractivity contribution in [2.24, 2.45) is 5.41 Å². The molecule has 2 atom stereocenters. The van der Waals surface area contributed by atoms with Crippen LogP contribution in [0.15, 0.2) is 30.3 Å². The van der Waals surface area contributed by atoms with Gasteiger partial charge in [0.25, 0.3) is 0 Å². The Kier molecular flexibility index (Phi) is 3.40. The lowest BCUT2D eigenvalue weighted by molar-refractivity contribution is 0.201. The van der Waals surface area contributed by atoms with Crippen LogP contribution in [0.4, 0.5) is 0 Å². The highest BCUT2D eigenvalue weighted by Crippen LogP contribution is 2.36. The summed E-state index contributed by atoms with van der Waals surface area (Å²) >= 11 is 0. The lowest BCUT2D eigenvalue weighted by atomic mass is 9.82. The summed E-state index contributed by atoms with van der Waals surface area (Å²) in [5.74, 6) is 0. The van der Waals surface area contributed by atoms with Crippen molar-refractivity contribution in [3.8, 4) is 0 Å². The molecule has 2 saturated heterocycles. The Labute approximate surface area is 117 Å². The highest BCUT2D eigenvalue weighted by atomic mass is 15.2. The molecule has 0 radical (unpaired) electrons. The van der Waals surface area contributed by atoms with Crippen molar-refractivity contribution in [3.05, 3.63) is 35.9 Å². The zero-order valence-electron chi connectivity index (χ0n) is 12.3. The van der Waals surface area contributed by atoms with Gasteiger partial charge in [-0.05, 0) is 36.9 Å². The lowest BCUT2D eigenvalue weighted by Crippen LogP contribution is -2.37. The Morgan fingerprint density at radius 3 is 2.63 bits per heavy atom. The minimum absolute atomic E-state index is 0.351. The highest BCUT2D eigenvalue weighted by Gasteiger charge is 2.38. The van der Waals surface area contributed by atoms with Crippen LogP contribution in [0.2, 0.25) is 0 Å². The molecular formula is C17H26N2. The molecule has 0 aromatic heterocycles. The predicted octanol–water partition coefficient (Wildman–Crippen LogP) is 2.65. The SMILES string of the molecule is CC1(CN2CCC(C)(c3ccccc3)C2)CCNC1. The molecule has 2 heteroatoms. The minimum Gasteiger partial charge on any atom is -0.316 e. The topological polar surface area (TPSA) is 15.3 Å². The van der Waals surface area contributed by atoms with E-state index in [0.717, 1.165) is 0 Å². The summed E-state index contributed by atoms with van der Waals surface area (Å²) < 4.78 is 0. The van der Waals surface area contributed by atoms with Crippen molar-refractivity contribution in [3.63, 3.8) is 0 Å². The zero-order chi connectivity index (χ0) is 13.3. The Balaban J connectivity index is 1.67. The highest BCUT2D eigenvalue weighted by molar-refractivity contribution is 5.26. The van der Waals surface area contributed by atoms with E-state index in [1.165, 1.54) is 51.1 Å². The average molecular weight is 258 g/mol. The van der Waals surface area contributed by atoms with Crippen LogP contribution in [0.25, 0.3) is 0 Å². The van der Waals surface area contributed by atoms with Gasteiger partial charge in [-0.3, -0.25) is 0 Å². The molecule has 1 N–H and O–H groups in total. The van der Waals surface area contributed by atoms with E-state index >= 15 is 0 Å². The number of hydrogen-bond acceptors (Lipinski definition) is 2.